The average Bonchev–Trinajstić information content (AvgIpc) is 2.62. The Kier molecular flexibility index (Phi) is 5.70. The Morgan fingerprint density at radius 3 is 2.50 bits per heavy atom. The summed E-state index contributed by atoms with van der Waals surface area (Å²) < 4.78 is 28.8. The summed E-state index contributed by atoms with van der Waals surface area (Å²) in [6.07, 6.45) is 2.91. The Bertz CT molecular complexity index is 653. The van der Waals surface area contributed by atoms with E-state index in [0.717, 1.165) is 19.4 Å². The third kappa shape index (κ3) is 4.12. The minimum Gasteiger partial charge on any atom is -0.481 e. The van der Waals surface area contributed by atoms with E-state index < -0.39 is 18.5 Å². The zero-order valence-electron chi connectivity index (χ0n) is 14.3. The molecule has 2 fully saturated rings. The summed E-state index contributed by atoms with van der Waals surface area (Å²) in [5.74, 6) is -1.27. The first kappa shape index (κ1) is 18.6. The number of nitrogens with zero attached hydrogens (tertiary/aromatic N) is 2. The van der Waals surface area contributed by atoms with Crippen LogP contribution in [0.15, 0.2) is 24.3 Å². The van der Waals surface area contributed by atoms with E-state index in [4.69, 9.17) is 0 Å². The number of alkyl halides is 2. The van der Waals surface area contributed by atoms with Crippen LogP contribution in [0.1, 0.15) is 25.7 Å². The molecule has 1 aromatic carbocycles. The summed E-state index contributed by atoms with van der Waals surface area (Å²) >= 11 is 0. The number of benzene rings is 1. The van der Waals surface area contributed by atoms with Gasteiger partial charge >= 0.3 is 12.6 Å². The number of likely N-dealkylation sites (tertiary alicyclic amines) is 1. The van der Waals surface area contributed by atoms with Crippen LogP contribution in [-0.2, 0) is 9.59 Å². The SMILES string of the molecule is O=C(O)C1CCCN(C2CCCN(c3ccc(OC(F)F)cc3)C2=O)C1. The normalized spacial score (nSPS) is 24.7. The predicted octanol–water partition coefficient (Wildman–Crippen LogP) is 2.58. The van der Waals surface area contributed by atoms with Crippen LogP contribution in [0, 0.1) is 5.92 Å². The first-order chi connectivity index (χ1) is 12.5. The maximum atomic E-state index is 13.0. The van der Waals surface area contributed by atoms with E-state index in [-0.39, 0.29) is 17.7 Å². The van der Waals surface area contributed by atoms with Gasteiger partial charge in [0.2, 0.25) is 5.91 Å². The van der Waals surface area contributed by atoms with Crippen molar-refractivity contribution in [2.45, 2.75) is 38.3 Å². The number of hydrogen-bond donors (Lipinski definition) is 1. The second-order valence-corrected chi connectivity index (χ2v) is 6.69. The molecule has 0 aliphatic carbocycles. The molecule has 142 valence electrons. The second kappa shape index (κ2) is 7.99. The summed E-state index contributed by atoms with van der Waals surface area (Å²) in [5, 5.41) is 9.25. The zero-order valence-corrected chi connectivity index (χ0v) is 14.3. The van der Waals surface area contributed by atoms with Crippen LogP contribution in [0.3, 0.4) is 0 Å². The van der Waals surface area contributed by atoms with Gasteiger partial charge in [-0.05, 0) is 56.5 Å². The van der Waals surface area contributed by atoms with Gasteiger partial charge in [0, 0.05) is 18.8 Å². The van der Waals surface area contributed by atoms with Crippen molar-refractivity contribution in [3.05, 3.63) is 24.3 Å². The van der Waals surface area contributed by atoms with Crippen LogP contribution >= 0.6 is 0 Å². The van der Waals surface area contributed by atoms with E-state index in [0.29, 0.717) is 31.6 Å². The molecule has 0 radical (unpaired) electrons. The topological polar surface area (TPSA) is 70.1 Å². The van der Waals surface area contributed by atoms with Crippen molar-refractivity contribution in [3.8, 4) is 5.75 Å². The van der Waals surface area contributed by atoms with Gasteiger partial charge in [-0.25, -0.2) is 0 Å². The molecule has 1 amide bonds. The summed E-state index contributed by atoms with van der Waals surface area (Å²) in [4.78, 5) is 27.8. The Labute approximate surface area is 150 Å². The number of halogens is 2. The molecule has 26 heavy (non-hydrogen) atoms. The second-order valence-electron chi connectivity index (χ2n) is 6.69. The fourth-order valence-electron chi connectivity index (χ4n) is 3.75. The monoisotopic (exact) mass is 368 g/mol. The lowest BCUT2D eigenvalue weighted by atomic mass is 9.94. The number of rotatable bonds is 5. The van der Waals surface area contributed by atoms with E-state index >= 15 is 0 Å². The van der Waals surface area contributed by atoms with Crippen LogP contribution < -0.4 is 9.64 Å². The van der Waals surface area contributed by atoms with E-state index in [2.05, 4.69) is 4.74 Å². The lowest BCUT2D eigenvalue weighted by Crippen LogP contribution is -2.55. The van der Waals surface area contributed by atoms with Gasteiger partial charge in [0.1, 0.15) is 5.75 Å². The molecule has 2 saturated heterocycles. The Morgan fingerprint density at radius 2 is 1.85 bits per heavy atom. The Morgan fingerprint density at radius 1 is 1.15 bits per heavy atom. The molecular weight excluding hydrogens is 346 g/mol. The molecule has 2 atom stereocenters. The third-order valence-electron chi connectivity index (χ3n) is 5.03. The van der Waals surface area contributed by atoms with Gasteiger partial charge in [-0.15, -0.1) is 0 Å². The number of carbonyl (C=O) groups excluding carboxylic acids is 1. The van der Waals surface area contributed by atoms with Crippen molar-refractivity contribution in [1.82, 2.24) is 4.90 Å². The number of aliphatic carboxylic acids is 1. The molecule has 2 heterocycles. The predicted molar refractivity (Wildman–Crippen MR) is 90.4 cm³/mol. The van der Waals surface area contributed by atoms with Crippen LogP contribution in [-0.4, -0.2) is 54.2 Å². The van der Waals surface area contributed by atoms with Crippen molar-refractivity contribution < 1.29 is 28.2 Å². The minimum atomic E-state index is -2.89. The third-order valence-corrected chi connectivity index (χ3v) is 5.03. The van der Waals surface area contributed by atoms with E-state index in [1.54, 1.807) is 17.0 Å². The molecule has 2 aliphatic rings. The molecule has 0 bridgehead atoms. The largest absolute Gasteiger partial charge is 0.481 e. The molecule has 1 aromatic rings. The van der Waals surface area contributed by atoms with Gasteiger partial charge < -0.3 is 14.7 Å². The van der Waals surface area contributed by atoms with Crippen LogP contribution in [0.2, 0.25) is 0 Å². The molecular formula is C18H22F2N2O4. The number of ether oxygens (including phenoxy) is 1. The quantitative estimate of drug-likeness (QED) is 0.865. The van der Waals surface area contributed by atoms with Crippen LogP contribution in [0.5, 0.6) is 5.75 Å². The number of carboxylic acids is 1. The van der Waals surface area contributed by atoms with Crippen molar-refractivity contribution in [3.63, 3.8) is 0 Å². The lowest BCUT2D eigenvalue weighted by molar-refractivity contribution is -0.145. The van der Waals surface area contributed by atoms with Crippen molar-refractivity contribution in [1.29, 1.82) is 0 Å². The maximum absolute atomic E-state index is 13.0. The smallest absolute Gasteiger partial charge is 0.387 e. The number of amides is 1. The van der Waals surface area contributed by atoms with Gasteiger partial charge in [0.15, 0.2) is 0 Å². The molecule has 0 saturated carbocycles. The number of piperidine rings is 2. The van der Waals surface area contributed by atoms with E-state index in [1.165, 1.54) is 12.1 Å². The highest BCUT2D eigenvalue weighted by molar-refractivity contribution is 5.98. The first-order valence-corrected chi connectivity index (χ1v) is 8.79. The standard InChI is InChI=1S/C18H22F2N2O4/c19-18(20)26-14-7-5-13(6-8-14)22-10-2-4-15(16(22)23)21-9-1-3-12(11-21)17(24)25/h5-8,12,15,18H,1-4,9-11H2,(H,24,25). The molecule has 0 spiro atoms. The van der Waals surface area contributed by atoms with E-state index in [1.807, 2.05) is 4.90 Å². The minimum absolute atomic E-state index is 0.0464. The molecule has 2 unspecified atom stereocenters. The van der Waals surface area contributed by atoms with Gasteiger partial charge in [-0.3, -0.25) is 14.5 Å². The molecule has 2 aliphatic heterocycles. The van der Waals surface area contributed by atoms with Gasteiger partial charge in [0.25, 0.3) is 0 Å². The highest BCUT2D eigenvalue weighted by Gasteiger charge is 2.37. The summed E-state index contributed by atoms with van der Waals surface area (Å²) in [6.45, 7) is -1.22. The number of carboxylic acid groups (broad SMARTS) is 1. The number of anilines is 1. The fraction of sp³-hybridized carbons (Fsp3) is 0.556. The van der Waals surface area contributed by atoms with Crippen molar-refractivity contribution in [2.24, 2.45) is 5.92 Å². The Balaban J connectivity index is 1.70. The van der Waals surface area contributed by atoms with Crippen LogP contribution in [0.4, 0.5) is 14.5 Å². The Hall–Kier alpha value is -2.22. The van der Waals surface area contributed by atoms with Crippen molar-refractivity contribution >= 4 is 17.6 Å². The number of hydrogen-bond acceptors (Lipinski definition) is 4. The molecule has 3 rings (SSSR count). The fourth-order valence-corrected chi connectivity index (χ4v) is 3.75. The maximum Gasteiger partial charge on any atom is 0.387 e. The summed E-state index contributed by atoms with van der Waals surface area (Å²) in [6, 6.07) is 5.69. The van der Waals surface area contributed by atoms with Gasteiger partial charge in [-0.2, -0.15) is 8.78 Å². The average molecular weight is 368 g/mol. The van der Waals surface area contributed by atoms with Crippen molar-refractivity contribution in [2.75, 3.05) is 24.5 Å². The highest BCUT2D eigenvalue weighted by atomic mass is 19.3. The molecule has 1 N–H and O–H groups in total. The summed E-state index contributed by atoms with van der Waals surface area (Å²) in [7, 11) is 0. The molecule has 0 aromatic heterocycles. The highest BCUT2D eigenvalue weighted by Crippen LogP contribution is 2.28. The first-order valence-electron chi connectivity index (χ1n) is 8.79. The van der Waals surface area contributed by atoms with Gasteiger partial charge in [-0.1, -0.05) is 0 Å². The van der Waals surface area contributed by atoms with Gasteiger partial charge in [0.05, 0.1) is 12.0 Å². The van der Waals surface area contributed by atoms with E-state index in [9.17, 15) is 23.5 Å². The zero-order chi connectivity index (χ0) is 18.7. The molecule has 8 heteroatoms. The number of carbonyl (C=O) groups is 2. The lowest BCUT2D eigenvalue weighted by Gasteiger charge is -2.41. The summed E-state index contributed by atoms with van der Waals surface area (Å²) in [5.41, 5.74) is 0.633. The van der Waals surface area contributed by atoms with Crippen LogP contribution in [0.25, 0.3) is 0 Å². The molecule has 6 nitrogen and oxygen atoms in total.